The highest BCUT2D eigenvalue weighted by Gasteiger charge is 2.23. The van der Waals surface area contributed by atoms with E-state index in [0.29, 0.717) is 35.2 Å². The van der Waals surface area contributed by atoms with Crippen LogP contribution in [0.5, 0.6) is 5.75 Å². The summed E-state index contributed by atoms with van der Waals surface area (Å²) < 4.78 is 10.8. The zero-order valence-corrected chi connectivity index (χ0v) is 14.0. The number of esters is 1. The van der Waals surface area contributed by atoms with Crippen LogP contribution in [0, 0.1) is 0 Å². The van der Waals surface area contributed by atoms with Gasteiger partial charge in [-0.3, -0.25) is 0 Å². The molecule has 2 unspecified atom stereocenters. The fraction of sp³-hybridized carbons (Fsp3) is 0.533. The molecule has 0 fully saturated rings. The van der Waals surface area contributed by atoms with Crippen molar-refractivity contribution in [3.05, 3.63) is 27.7 Å². The molecular formula is C15H21Cl2NO3. The Hall–Kier alpha value is -0.970. The van der Waals surface area contributed by atoms with Crippen LogP contribution in [0.15, 0.2) is 12.1 Å². The molecule has 0 radical (unpaired) electrons. The summed E-state index contributed by atoms with van der Waals surface area (Å²) in [7, 11) is 0. The van der Waals surface area contributed by atoms with Gasteiger partial charge in [0, 0.05) is 11.1 Å². The van der Waals surface area contributed by atoms with Gasteiger partial charge in [-0.25, -0.2) is 4.79 Å². The second kappa shape index (κ2) is 8.47. The van der Waals surface area contributed by atoms with Crippen molar-refractivity contribution in [1.29, 1.82) is 0 Å². The average Bonchev–Trinajstić information content (AvgIpc) is 2.37. The van der Waals surface area contributed by atoms with Gasteiger partial charge in [-0.1, -0.05) is 30.1 Å². The standard InChI is InChI=1S/C15H21Cl2NO3/c1-4-13(15(19)20-5-2)21-14-10(6-9(3)18)7-11(16)8-12(14)17/h7-9,13H,4-6,18H2,1-3H3. The number of benzene rings is 1. The van der Waals surface area contributed by atoms with Crippen LogP contribution in [0.1, 0.15) is 32.8 Å². The quantitative estimate of drug-likeness (QED) is 0.774. The van der Waals surface area contributed by atoms with Crippen molar-refractivity contribution in [3.8, 4) is 5.75 Å². The highest BCUT2D eigenvalue weighted by molar-refractivity contribution is 6.35. The first-order valence-corrected chi connectivity index (χ1v) is 7.71. The van der Waals surface area contributed by atoms with Crippen LogP contribution in [0.25, 0.3) is 0 Å². The Morgan fingerprint density at radius 3 is 2.52 bits per heavy atom. The van der Waals surface area contributed by atoms with Gasteiger partial charge in [0.25, 0.3) is 0 Å². The first-order chi connectivity index (χ1) is 9.88. The number of halogens is 2. The molecule has 2 atom stereocenters. The molecule has 0 aromatic heterocycles. The average molecular weight is 334 g/mol. The molecule has 1 rings (SSSR count). The number of rotatable bonds is 7. The topological polar surface area (TPSA) is 61.5 Å². The molecule has 2 N–H and O–H groups in total. The van der Waals surface area contributed by atoms with Gasteiger partial charge in [-0.2, -0.15) is 0 Å². The van der Waals surface area contributed by atoms with Gasteiger partial charge in [0.15, 0.2) is 6.10 Å². The Bertz CT molecular complexity index is 492. The third-order valence-corrected chi connectivity index (χ3v) is 3.31. The van der Waals surface area contributed by atoms with Crippen LogP contribution in [-0.2, 0) is 16.0 Å². The number of hydrogen-bond acceptors (Lipinski definition) is 4. The van der Waals surface area contributed by atoms with E-state index in [-0.39, 0.29) is 6.04 Å². The lowest BCUT2D eigenvalue weighted by Gasteiger charge is -2.20. The second-order valence-corrected chi connectivity index (χ2v) is 5.67. The van der Waals surface area contributed by atoms with Crippen molar-refractivity contribution >= 4 is 29.2 Å². The SMILES string of the molecule is CCOC(=O)C(CC)Oc1c(Cl)cc(Cl)cc1CC(C)N. The van der Waals surface area contributed by atoms with Gasteiger partial charge in [-0.05, 0) is 44.4 Å². The first kappa shape index (κ1) is 18.1. The molecule has 0 amide bonds. The van der Waals surface area contributed by atoms with E-state index < -0.39 is 12.1 Å². The molecule has 0 aliphatic rings. The predicted octanol–water partition coefficient (Wildman–Crippen LogP) is 3.60. The van der Waals surface area contributed by atoms with Gasteiger partial charge in [0.2, 0.25) is 0 Å². The van der Waals surface area contributed by atoms with Crippen molar-refractivity contribution < 1.29 is 14.3 Å². The molecule has 118 valence electrons. The van der Waals surface area contributed by atoms with E-state index in [1.54, 1.807) is 19.1 Å². The smallest absolute Gasteiger partial charge is 0.347 e. The molecule has 1 aromatic rings. The third kappa shape index (κ3) is 5.38. The van der Waals surface area contributed by atoms with E-state index in [1.807, 2.05) is 13.8 Å². The maximum atomic E-state index is 11.8. The molecule has 0 saturated carbocycles. The number of hydrogen-bond donors (Lipinski definition) is 1. The second-order valence-electron chi connectivity index (χ2n) is 4.82. The minimum absolute atomic E-state index is 0.0791. The monoisotopic (exact) mass is 333 g/mol. The lowest BCUT2D eigenvalue weighted by atomic mass is 10.1. The van der Waals surface area contributed by atoms with Crippen LogP contribution in [0.3, 0.4) is 0 Å². The Morgan fingerprint density at radius 1 is 1.33 bits per heavy atom. The summed E-state index contributed by atoms with van der Waals surface area (Å²) in [4.78, 5) is 11.8. The largest absolute Gasteiger partial charge is 0.477 e. The lowest BCUT2D eigenvalue weighted by molar-refractivity contribution is -0.151. The van der Waals surface area contributed by atoms with E-state index in [0.717, 1.165) is 5.56 Å². The normalized spacial score (nSPS) is 13.6. The van der Waals surface area contributed by atoms with Gasteiger partial charge >= 0.3 is 5.97 Å². The van der Waals surface area contributed by atoms with Gasteiger partial charge in [-0.15, -0.1) is 0 Å². The number of carbonyl (C=O) groups excluding carboxylic acids is 1. The number of ether oxygens (including phenoxy) is 2. The van der Waals surface area contributed by atoms with Gasteiger partial charge in [0.1, 0.15) is 5.75 Å². The summed E-state index contributed by atoms with van der Waals surface area (Å²) in [6.45, 7) is 5.78. The van der Waals surface area contributed by atoms with Gasteiger partial charge in [0.05, 0.1) is 11.6 Å². The maximum Gasteiger partial charge on any atom is 0.347 e. The zero-order valence-electron chi connectivity index (χ0n) is 12.5. The summed E-state index contributed by atoms with van der Waals surface area (Å²) in [5.74, 6) is 0.0380. The summed E-state index contributed by atoms with van der Waals surface area (Å²) in [5.41, 5.74) is 6.61. The number of carbonyl (C=O) groups is 1. The van der Waals surface area contributed by atoms with Crippen LogP contribution in [0.2, 0.25) is 10.0 Å². The Balaban J connectivity index is 3.07. The first-order valence-electron chi connectivity index (χ1n) is 6.95. The van der Waals surface area contributed by atoms with Crippen LogP contribution in [0.4, 0.5) is 0 Å². The molecule has 0 heterocycles. The molecule has 4 nitrogen and oxygen atoms in total. The zero-order chi connectivity index (χ0) is 16.0. The minimum atomic E-state index is -0.699. The number of nitrogens with two attached hydrogens (primary N) is 1. The molecule has 0 saturated heterocycles. The van der Waals surface area contributed by atoms with E-state index >= 15 is 0 Å². The van der Waals surface area contributed by atoms with Crippen molar-refractivity contribution in [1.82, 2.24) is 0 Å². The highest BCUT2D eigenvalue weighted by atomic mass is 35.5. The molecule has 0 spiro atoms. The summed E-state index contributed by atoms with van der Waals surface area (Å²) in [5, 5.41) is 0.869. The molecule has 0 bridgehead atoms. The van der Waals surface area contributed by atoms with E-state index in [1.165, 1.54) is 0 Å². The summed E-state index contributed by atoms with van der Waals surface area (Å²) in [6.07, 6.45) is 0.333. The Kier molecular flexibility index (Phi) is 7.29. The van der Waals surface area contributed by atoms with Crippen LogP contribution >= 0.6 is 23.2 Å². The van der Waals surface area contributed by atoms with Crippen molar-refractivity contribution in [2.24, 2.45) is 5.73 Å². The Labute approximate surface area is 135 Å². The van der Waals surface area contributed by atoms with Crippen LogP contribution < -0.4 is 10.5 Å². The van der Waals surface area contributed by atoms with Crippen molar-refractivity contribution in [2.75, 3.05) is 6.61 Å². The third-order valence-electron chi connectivity index (χ3n) is 2.81. The fourth-order valence-corrected chi connectivity index (χ4v) is 2.50. The van der Waals surface area contributed by atoms with Crippen molar-refractivity contribution in [3.63, 3.8) is 0 Å². The minimum Gasteiger partial charge on any atom is -0.477 e. The highest BCUT2D eigenvalue weighted by Crippen LogP contribution is 2.34. The van der Waals surface area contributed by atoms with Crippen LogP contribution in [-0.4, -0.2) is 24.7 Å². The van der Waals surface area contributed by atoms with E-state index in [2.05, 4.69) is 0 Å². The molecule has 21 heavy (non-hydrogen) atoms. The molecule has 0 aliphatic carbocycles. The molecule has 1 aromatic carbocycles. The summed E-state index contributed by atoms with van der Waals surface area (Å²) >= 11 is 12.2. The Morgan fingerprint density at radius 2 is 2.00 bits per heavy atom. The fourth-order valence-electron chi connectivity index (χ4n) is 1.92. The summed E-state index contributed by atoms with van der Waals surface area (Å²) in [6, 6.07) is 3.26. The van der Waals surface area contributed by atoms with Gasteiger partial charge < -0.3 is 15.2 Å². The lowest BCUT2D eigenvalue weighted by Crippen LogP contribution is -2.29. The molecular weight excluding hydrogens is 313 g/mol. The van der Waals surface area contributed by atoms with E-state index in [4.69, 9.17) is 38.4 Å². The maximum absolute atomic E-state index is 11.8. The predicted molar refractivity (Wildman–Crippen MR) is 85.2 cm³/mol. The van der Waals surface area contributed by atoms with E-state index in [9.17, 15) is 4.79 Å². The molecule has 0 aliphatic heterocycles. The van der Waals surface area contributed by atoms with Crippen molar-refractivity contribution in [2.45, 2.75) is 45.8 Å². The molecule has 6 heteroatoms.